The molecule has 0 aliphatic rings. The summed E-state index contributed by atoms with van der Waals surface area (Å²) in [7, 11) is 0. The summed E-state index contributed by atoms with van der Waals surface area (Å²) >= 11 is 0. The van der Waals surface area contributed by atoms with Gasteiger partial charge < -0.3 is 4.74 Å². The van der Waals surface area contributed by atoms with E-state index in [9.17, 15) is 4.79 Å². The predicted molar refractivity (Wildman–Crippen MR) is 165 cm³/mol. The molecule has 0 bridgehead atoms. The van der Waals surface area contributed by atoms with Crippen molar-refractivity contribution in [3.63, 3.8) is 0 Å². The summed E-state index contributed by atoms with van der Waals surface area (Å²) in [4.78, 5) is 30.8. The van der Waals surface area contributed by atoms with Gasteiger partial charge in [-0.15, -0.1) is 0 Å². The molecule has 0 saturated carbocycles. The predicted octanol–water partition coefficient (Wildman–Crippen LogP) is 8.85. The van der Waals surface area contributed by atoms with Gasteiger partial charge in [-0.1, -0.05) is 77.3 Å². The molecule has 2 heterocycles. The molecule has 0 aliphatic heterocycles. The average Bonchev–Trinajstić information content (AvgIpc) is 3.02. The van der Waals surface area contributed by atoms with E-state index in [-0.39, 0.29) is 0 Å². The molecule has 6 nitrogen and oxygen atoms in total. The fraction of sp³-hybridized carbons (Fsp3) is 0.400. The van der Waals surface area contributed by atoms with E-state index >= 15 is 0 Å². The number of aromatic nitrogens is 4. The van der Waals surface area contributed by atoms with Gasteiger partial charge in [-0.25, -0.2) is 24.7 Å². The monoisotopic (exact) mass is 550 g/mol. The fourth-order valence-electron chi connectivity index (χ4n) is 4.72. The second-order valence-corrected chi connectivity index (χ2v) is 10.6. The molecule has 4 rings (SSSR count). The van der Waals surface area contributed by atoms with E-state index in [0.29, 0.717) is 23.0 Å². The maximum atomic E-state index is 12.7. The minimum Gasteiger partial charge on any atom is -0.423 e. The van der Waals surface area contributed by atoms with Gasteiger partial charge in [-0.05, 0) is 73.2 Å². The SMILES string of the molecule is CCCCCCCCCc1cnc(-c2ccc(OC(=O)c3ccc(-c4ncc(CCCCC)cn4)cc3)cc2)nc1. The molecule has 0 fully saturated rings. The Hall–Kier alpha value is -3.93. The maximum absolute atomic E-state index is 12.7. The highest BCUT2D eigenvalue weighted by atomic mass is 16.5. The zero-order valence-corrected chi connectivity index (χ0v) is 24.5. The van der Waals surface area contributed by atoms with Crippen molar-refractivity contribution in [1.29, 1.82) is 0 Å². The number of hydrogen-bond acceptors (Lipinski definition) is 6. The molecule has 0 aliphatic carbocycles. The molecule has 2 aromatic carbocycles. The molecular weight excluding hydrogens is 508 g/mol. The van der Waals surface area contributed by atoms with Gasteiger partial charge >= 0.3 is 5.97 Å². The van der Waals surface area contributed by atoms with Gasteiger partial charge in [0.05, 0.1) is 5.56 Å². The van der Waals surface area contributed by atoms with E-state index in [1.807, 2.05) is 49.1 Å². The Labute approximate surface area is 244 Å². The maximum Gasteiger partial charge on any atom is 0.343 e. The first-order valence-electron chi connectivity index (χ1n) is 15.2. The molecule has 0 radical (unpaired) electrons. The van der Waals surface area contributed by atoms with E-state index in [2.05, 4.69) is 33.8 Å². The Morgan fingerprint density at radius 2 is 0.976 bits per heavy atom. The van der Waals surface area contributed by atoms with E-state index < -0.39 is 5.97 Å². The summed E-state index contributed by atoms with van der Waals surface area (Å²) in [5.41, 5.74) is 4.53. The molecule has 2 aromatic heterocycles. The lowest BCUT2D eigenvalue weighted by Crippen LogP contribution is -2.08. The van der Waals surface area contributed by atoms with Crippen LogP contribution in [0.4, 0.5) is 0 Å². The van der Waals surface area contributed by atoms with Crippen molar-refractivity contribution in [2.45, 2.75) is 90.9 Å². The van der Waals surface area contributed by atoms with Crippen LogP contribution in [0, 0.1) is 0 Å². The summed E-state index contributed by atoms with van der Waals surface area (Å²) in [5, 5.41) is 0. The third kappa shape index (κ3) is 9.59. The zero-order chi connectivity index (χ0) is 28.7. The lowest BCUT2D eigenvalue weighted by atomic mass is 10.1. The highest BCUT2D eigenvalue weighted by molar-refractivity contribution is 5.91. The van der Waals surface area contributed by atoms with Gasteiger partial charge in [0, 0.05) is 35.9 Å². The number of rotatable bonds is 16. The van der Waals surface area contributed by atoms with Crippen molar-refractivity contribution in [1.82, 2.24) is 19.9 Å². The Bertz CT molecular complexity index is 1320. The average molecular weight is 551 g/mol. The Kier molecular flexibility index (Phi) is 12.0. The molecule has 214 valence electrons. The number of nitrogens with zero attached hydrogens (tertiary/aromatic N) is 4. The van der Waals surface area contributed by atoms with Gasteiger partial charge in [-0.2, -0.15) is 0 Å². The lowest BCUT2D eigenvalue weighted by Gasteiger charge is -2.07. The topological polar surface area (TPSA) is 77.9 Å². The van der Waals surface area contributed by atoms with E-state index in [1.54, 1.807) is 24.3 Å². The van der Waals surface area contributed by atoms with Crippen molar-refractivity contribution >= 4 is 5.97 Å². The van der Waals surface area contributed by atoms with Crippen LogP contribution in [0.15, 0.2) is 73.3 Å². The molecule has 0 N–H and O–H groups in total. The Morgan fingerprint density at radius 1 is 0.561 bits per heavy atom. The third-order valence-electron chi connectivity index (χ3n) is 7.25. The molecule has 0 saturated heterocycles. The number of aryl methyl sites for hydroxylation is 2. The quantitative estimate of drug-likeness (QED) is 0.0788. The summed E-state index contributed by atoms with van der Waals surface area (Å²) < 4.78 is 5.59. The molecule has 4 aromatic rings. The minimum atomic E-state index is -0.414. The number of benzene rings is 2. The van der Waals surface area contributed by atoms with Gasteiger partial charge in [0.1, 0.15) is 5.75 Å². The van der Waals surface area contributed by atoms with Gasteiger partial charge in [0.2, 0.25) is 0 Å². The summed E-state index contributed by atoms with van der Waals surface area (Å²) in [5.74, 6) is 1.37. The van der Waals surface area contributed by atoms with Crippen molar-refractivity contribution in [3.05, 3.63) is 90.0 Å². The van der Waals surface area contributed by atoms with Crippen molar-refractivity contribution in [2.24, 2.45) is 0 Å². The van der Waals surface area contributed by atoms with Gasteiger partial charge in [-0.3, -0.25) is 0 Å². The smallest absolute Gasteiger partial charge is 0.343 e. The summed E-state index contributed by atoms with van der Waals surface area (Å²) in [6.45, 7) is 4.45. The van der Waals surface area contributed by atoms with E-state index in [0.717, 1.165) is 36.0 Å². The van der Waals surface area contributed by atoms with Crippen molar-refractivity contribution in [3.8, 4) is 28.5 Å². The number of ether oxygens (including phenoxy) is 1. The van der Waals surface area contributed by atoms with Crippen LogP contribution in [0.1, 0.15) is 99.5 Å². The van der Waals surface area contributed by atoms with E-state index in [1.165, 1.54) is 63.4 Å². The lowest BCUT2D eigenvalue weighted by molar-refractivity contribution is 0.0735. The Balaban J connectivity index is 1.25. The summed E-state index contributed by atoms with van der Waals surface area (Å²) in [6.07, 6.45) is 22.3. The van der Waals surface area contributed by atoms with Gasteiger partial charge in [0.15, 0.2) is 11.6 Å². The fourth-order valence-corrected chi connectivity index (χ4v) is 4.72. The number of carbonyl (C=O) groups excluding carboxylic acids is 1. The number of carbonyl (C=O) groups is 1. The van der Waals surface area contributed by atoms with Crippen LogP contribution >= 0.6 is 0 Å². The Morgan fingerprint density at radius 3 is 1.49 bits per heavy atom. The molecule has 0 atom stereocenters. The van der Waals surface area contributed by atoms with Crippen molar-refractivity contribution in [2.75, 3.05) is 0 Å². The van der Waals surface area contributed by atoms with Crippen LogP contribution in [-0.2, 0) is 12.8 Å². The molecule has 6 heteroatoms. The minimum absolute atomic E-state index is 0.414. The second-order valence-electron chi connectivity index (χ2n) is 10.6. The highest BCUT2D eigenvalue weighted by Crippen LogP contribution is 2.22. The zero-order valence-electron chi connectivity index (χ0n) is 24.5. The first-order chi connectivity index (χ1) is 20.2. The third-order valence-corrected chi connectivity index (χ3v) is 7.25. The van der Waals surface area contributed by atoms with Gasteiger partial charge in [0.25, 0.3) is 0 Å². The molecular formula is C35H42N4O2. The number of unbranched alkanes of at least 4 members (excludes halogenated alkanes) is 8. The largest absolute Gasteiger partial charge is 0.423 e. The molecule has 0 unspecified atom stereocenters. The number of esters is 1. The molecule has 41 heavy (non-hydrogen) atoms. The summed E-state index contributed by atoms with van der Waals surface area (Å²) in [6, 6.07) is 14.5. The van der Waals surface area contributed by atoms with Crippen LogP contribution in [0.5, 0.6) is 5.75 Å². The van der Waals surface area contributed by atoms with Crippen molar-refractivity contribution < 1.29 is 9.53 Å². The standard InChI is InChI=1S/C35H42N4O2/c1-3-5-7-8-9-10-12-14-28-25-38-34(39-26-28)30-19-21-32(22-20-30)41-35(40)31-17-15-29(16-18-31)33-36-23-27(24-37-33)13-11-6-4-2/h15-26H,3-14H2,1-2H3. The molecule has 0 amide bonds. The van der Waals surface area contributed by atoms with Crippen LogP contribution in [0.3, 0.4) is 0 Å². The first kappa shape index (κ1) is 30.0. The first-order valence-corrected chi connectivity index (χ1v) is 15.2. The normalized spacial score (nSPS) is 11.0. The van der Waals surface area contributed by atoms with E-state index in [4.69, 9.17) is 4.74 Å². The van der Waals surface area contributed by atoms with Crippen LogP contribution in [0.2, 0.25) is 0 Å². The molecule has 0 spiro atoms. The second kappa shape index (κ2) is 16.4. The van der Waals surface area contributed by atoms with Crippen LogP contribution < -0.4 is 4.74 Å². The highest BCUT2D eigenvalue weighted by Gasteiger charge is 2.11. The van der Waals surface area contributed by atoms with Crippen LogP contribution in [0.25, 0.3) is 22.8 Å². The number of hydrogen-bond donors (Lipinski definition) is 0. The van der Waals surface area contributed by atoms with Crippen LogP contribution in [-0.4, -0.2) is 25.9 Å².